The van der Waals surface area contributed by atoms with Gasteiger partial charge in [-0.1, -0.05) is 19.3 Å². The highest BCUT2D eigenvalue weighted by molar-refractivity contribution is 7.58. The van der Waals surface area contributed by atoms with Gasteiger partial charge in [-0.2, -0.15) is 0 Å². The van der Waals surface area contributed by atoms with Crippen LogP contribution in [-0.2, 0) is 28.4 Å². The zero-order valence-corrected chi connectivity index (χ0v) is 26.0. The van der Waals surface area contributed by atoms with Crippen LogP contribution in [0.5, 0.6) is 0 Å². The summed E-state index contributed by atoms with van der Waals surface area (Å²) in [7, 11) is -3.54. The third kappa shape index (κ3) is 16.2. The molecule has 0 saturated heterocycles. The SMILES string of the molecule is C[C@H](NC(=O)[C@@H](CCC(=O)NC[C@@H](O)CP(=O)(O)CC1CCCCC1)NC(=O)OC(C)(C)C)C(=O)OC(C)(C)C. The zero-order chi connectivity index (χ0) is 30.7. The maximum Gasteiger partial charge on any atom is 0.408 e. The number of carbonyl (C=O) groups is 4. The quantitative estimate of drug-likeness (QED) is 0.159. The minimum absolute atomic E-state index is 0.131. The van der Waals surface area contributed by atoms with Crippen LogP contribution < -0.4 is 16.0 Å². The smallest absolute Gasteiger partial charge is 0.408 e. The predicted molar refractivity (Wildman–Crippen MR) is 151 cm³/mol. The molecule has 40 heavy (non-hydrogen) atoms. The highest BCUT2D eigenvalue weighted by atomic mass is 31.2. The van der Waals surface area contributed by atoms with E-state index < -0.39 is 60.6 Å². The Kier molecular flexibility index (Phi) is 14.1. The second-order valence-corrected chi connectivity index (χ2v) is 15.1. The summed E-state index contributed by atoms with van der Waals surface area (Å²) in [5.74, 6) is -1.71. The molecule has 232 valence electrons. The monoisotopic (exact) mass is 591 g/mol. The van der Waals surface area contributed by atoms with Gasteiger partial charge in [0.05, 0.1) is 12.3 Å². The number of hydrogen-bond donors (Lipinski definition) is 5. The van der Waals surface area contributed by atoms with Crippen molar-refractivity contribution in [2.24, 2.45) is 5.92 Å². The minimum atomic E-state index is -3.54. The van der Waals surface area contributed by atoms with Crippen molar-refractivity contribution in [3.63, 3.8) is 0 Å². The third-order valence-corrected chi connectivity index (χ3v) is 8.16. The Labute approximate surface area is 238 Å². The van der Waals surface area contributed by atoms with Gasteiger partial charge in [-0.25, -0.2) is 9.59 Å². The summed E-state index contributed by atoms with van der Waals surface area (Å²) >= 11 is 0. The molecule has 5 N–H and O–H groups in total. The third-order valence-electron chi connectivity index (χ3n) is 6.09. The highest BCUT2D eigenvalue weighted by Crippen LogP contribution is 2.45. The fourth-order valence-corrected chi connectivity index (χ4v) is 6.43. The maximum absolute atomic E-state index is 12.9. The number of aliphatic hydroxyl groups is 1. The van der Waals surface area contributed by atoms with Crippen LogP contribution in [0.2, 0.25) is 0 Å². The van der Waals surface area contributed by atoms with Gasteiger partial charge in [0.25, 0.3) is 0 Å². The average Bonchev–Trinajstić information content (AvgIpc) is 2.77. The van der Waals surface area contributed by atoms with Gasteiger partial charge in [-0.3, -0.25) is 14.2 Å². The van der Waals surface area contributed by atoms with Crippen molar-refractivity contribution in [3.8, 4) is 0 Å². The van der Waals surface area contributed by atoms with Gasteiger partial charge in [-0.15, -0.1) is 0 Å². The number of aliphatic hydroxyl groups excluding tert-OH is 1. The van der Waals surface area contributed by atoms with Crippen molar-refractivity contribution in [1.29, 1.82) is 0 Å². The van der Waals surface area contributed by atoms with E-state index in [-0.39, 0.29) is 37.6 Å². The number of hydrogen-bond acceptors (Lipinski definition) is 8. The maximum atomic E-state index is 12.9. The lowest BCUT2D eigenvalue weighted by molar-refractivity contribution is -0.158. The number of alkyl carbamates (subject to hydrolysis) is 1. The molecule has 13 heteroatoms. The Morgan fingerprint density at radius 1 is 0.950 bits per heavy atom. The number of carbonyl (C=O) groups excluding carboxylic acids is 4. The molecule has 12 nitrogen and oxygen atoms in total. The normalized spacial score (nSPS) is 18.4. The molecule has 0 bridgehead atoms. The average molecular weight is 592 g/mol. The molecular weight excluding hydrogens is 541 g/mol. The largest absolute Gasteiger partial charge is 0.458 e. The van der Waals surface area contributed by atoms with Gasteiger partial charge in [0, 0.05) is 19.1 Å². The summed E-state index contributed by atoms with van der Waals surface area (Å²) in [5, 5.41) is 17.7. The number of nitrogens with one attached hydrogen (secondary N) is 3. The van der Waals surface area contributed by atoms with Crippen LogP contribution in [-0.4, -0.2) is 82.1 Å². The van der Waals surface area contributed by atoms with Crippen LogP contribution in [0.15, 0.2) is 0 Å². The van der Waals surface area contributed by atoms with Gasteiger partial charge in [0.2, 0.25) is 19.2 Å². The van der Waals surface area contributed by atoms with E-state index in [1.54, 1.807) is 41.5 Å². The first kappa shape index (κ1) is 35.9. The number of amides is 3. The molecular formula is C27H50N3O9P. The van der Waals surface area contributed by atoms with E-state index in [4.69, 9.17) is 9.47 Å². The Morgan fingerprint density at radius 3 is 2.08 bits per heavy atom. The Morgan fingerprint density at radius 2 is 1.52 bits per heavy atom. The summed E-state index contributed by atoms with van der Waals surface area (Å²) in [4.78, 5) is 60.3. The van der Waals surface area contributed by atoms with Gasteiger partial charge in [0.1, 0.15) is 23.3 Å². The molecule has 0 aromatic heterocycles. The van der Waals surface area contributed by atoms with Crippen molar-refractivity contribution < 1.29 is 43.2 Å². The fraction of sp³-hybridized carbons (Fsp3) is 0.852. The molecule has 0 aromatic rings. The Hall–Kier alpha value is -2.17. The number of rotatable bonds is 13. The minimum Gasteiger partial charge on any atom is -0.458 e. The molecule has 1 rings (SSSR count). The molecule has 0 spiro atoms. The van der Waals surface area contributed by atoms with Gasteiger partial charge < -0.3 is 35.4 Å². The van der Waals surface area contributed by atoms with Crippen LogP contribution in [0.4, 0.5) is 4.79 Å². The van der Waals surface area contributed by atoms with Crippen LogP contribution in [0.3, 0.4) is 0 Å². The van der Waals surface area contributed by atoms with Crippen molar-refractivity contribution in [2.45, 2.75) is 123 Å². The van der Waals surface area contributed by atoms with Crippen LogP contribution in [0.1, 0.15) is 93.4 Å². The van der Waals surface area contributed by atoms with E-state index >= 15 is 0 Å². The Balaban J connectivity index is 2.67. The van der Waals surface area contributed by atoms with Crippen molar-refractivity contribution in [2.75, 3.05) is 18.9 Å². The highest BCUT2D eigenvalue weighted by Gasteiger charge is 2.30. The number of ether oxygens (including phenoxy) is 2. The Bertz CT molecular complexity index is 908. The summed E-state index contributed by atoms with van der Waals surface area (Å²) in [6.45, 7) is 11.3. The fourth-order valence-electron chi connectivity index (χ4n) is 4.32. The van der Waals surface area contributed by atoms with Gasteiger partial charge in [-0.05, 0) is 73.6 Å². The molecule has 4 atom stereocenters. The molecule has 0 heterocycles. The van der Waals surface area contributed by atoms with Crippen LogP contribution in [0.25, 0.3) is 0 Å². The van der Waals surface area contributed by atoms with E-state index in [2.05, 4.69) is 16.0 Å². The first-order valence-electron chi connectivity index (χ1n) is 14.0. The van der Waals surface area contributed by atoms with Crippen molar-refractivity contribution >= 4 is 31.2 Å². The molecule has 1 aliphatic carbocycles. The van der Waals surface area contributed by atoms with Crippen molar-refractivity contribution in [3.05, 3.63) is 0 Å². The summed E-state index contributed by atoms with van der Waals surface area (Å²) in [6.07, 6.45) is 2.52. The van der Waals surface area contributed by atoms with Crippen molar-refractivity contribution in [1.82, 2.24) is 16.0 Å². The molecule has 0 aliphatic heterocycles. The second kappa shape index (κ2) is 15.7. The van der Waals surface area contributed by atoms with E-state index in [9.17, 15) is 33.7 Å². The van der Waals surface area contributed by atoms with Gasteiger partial charge >= 0.3 is 12.1 Å². The topological polar surface area (TPSA) is 180 Å². The number of esters is 1. The molecule has 1 aliphatic rings. The lowest BCUT2D eigenvalue weighted by Gasteiger charge is -2.26. The molecule has 1 saturated carbocycles. The lowest BCUT2D eigenvalue weighted by atomic mass is 9.91. The van der Waals surface area contributed by atoms with E-state index in [1.165, 1.54) is 6.92 Å². The molecule has 1 fully saturated rings. The second-order valence-electron chi connectivity index (χ2n) is 12.7. The first-order valence-corrected chi connectivity index (χ1v) is 16.1. The van der Waals surface area contributed by atoms with E-state index in [0.29, 0.717) is 0 Å². The van der Waals surface area contributed by atoms with E-state index in [1.807, 2.05) is 0 Å². The van der Waals surface area contributed by atoms with Gasteiger partial charge in [0.15, 0.2) is 0 Å². The van der Waals surface area contributed by atoms with Crippen LogP contribution in [0, 0.1) is 5.92 Å². The molecule has 1 unspecified atom stereocenters. The van der Waals surface area contributed by atoms with E-state index in [0.717, 1.165) is 32.1 Å². The lowest BCUT2D eigenvalue weighted by Crippen LogP contribution is -2.52. The standard InChI is InChI=1S/C27H50N3O9P/c1-18(24(34)38-26(2,3)4)29-23(33)21(30-25(35)39-27(5,6)7)13-14-22(32)28-15-20(31)17-40(36,37)16-19-11-9-8-10-12-19/h18-21,31H,8-17H2,1-7H3,(H,28,32)(H,29,33)(H,30,35)(H,36,37)/t18-,20+,21+/m0/s1. The zero-order valence-electron chi connectivity index (χ0n) is 25.1. The molecule has 0 aromatic carbocycles. The predicted octanol–water partition coefficient (Wildman–Crippen LogP) is 2.83. The summed E-state index contributed by atoms with van der Waals surface area (Å²) < 4.78 is 23.1. The molecule has 0 radical (unpaired) electrons. The molecule has 3 amide bonds. The summed E-state index contributed by atoms with van der Waals surface area (Å²) in [5.41, 5.74) is -1.59. The first-order chi connectivity index (χ1) is 18.3. The summed E-state index contributed by atoms with van der Waals surface area (Å²) in [6, 6.07) is -2.22. The van der Waals surface area contributed by atoms with Crippen LogP contribution >= 0.6 is 7.37 Å².